The van der Waals surface area contributed by atoms with E-state index in [0.29, 0.717) is 5.69 Å². The Labute approximate surface area is 110 Å². The number of aryl methyl sites for hydroxylation is 1. The highest BCUT2D eigenvalue weighted by atomic mass is 127. The molecule has 78 valence electrons. The topological polar surface area (TPSA) is 32.9 Å². The van der Waals surface area contributed by atoms with Gasteiger partial charge in [0.15, 0.2) is 5.78 Å². The molecular formula is C11H9BrINO. The first-order valence-corrected chi connectivity index (χ1v) is 6.36. The summed E-state index contributed by atoms with van der Waals surface area (Å²) in [4.78, 5) is 14.6. The van der Waals surface area contributed by atoms with Crippen molar-refractivity contribution in [2.75, 3.05) is 0 Å². The highest BCUT2D eigenvalue weighted by Gasteiger charge is 2.14. The summed E-state index contributed by atoms with van der Waals surface area (Å²) in [6.07, 6.45) is 0. The average Bonchev–Trinajstić information content (AvgIpc) is 2.51. The van der Waals surface area contributed by atoms with Gasteiger partial charge >= 0.3 is 0 Å². The Morgan fingerprint density at radius 2 is 2.13 bits per heavy atom. The Kier molecular flexibility index (Phi) is 2.89. The molecule has 2 aromatic rings. The minimum atomic E-state index is 0.0754. The predicted octanol–water partition coefficient (Wildman–Crippen LogP) is 4.05. The zero-order valence-electron chi connectivity index (χ0n) is 8.32. The molecule has 0 unspecified atom stereocenters. The molecule has 1 aromatic heterocycles. The molecular weight excluding hydrogens is 369 g/mol. The number of Topliss-reactive ketones (excluding diaryl/α,β-unsaturated/α-hetero) is 1. The maximum absolute atomic E-state index is 11.4. The predicted molar refractivity (Wildman–Crippen MR) is 73.5 cm³/mol. The summed E-state index contributed by atoms with van der Waals surface area (Å²) in [5.41, 5.74) is 2.74. The van der Waals surface area contributed by atoms with Crippen molar-refractivity contribution < 1.29 is 4.79 Å². The number of carbonyl (C=O) groups is 1. The van der Waals surface area contributed by atoms with E-state index in [1.165, 1.54) is 0 Å². The number of fused-ring (bicyclic) bond motifs is 1. The molecule has 0 aliphatic rings. The minimum Gasteiger partial charge on any atom is -0.351 e. The number of nitrogens with one attached hydrogen (secondary N) is 1. The molecule has 0 fully saturated rings. The van der Waals surface area contributed by atoms with Gasteiger partial charge in [-0.05, 0) is 63.1 Å². The molecule has 1 aromatic carbocycles. The Morgan fingerprint density at radius 3 is 2.67 bits per heavy atom. The number of aromatic amines is 1. The van der Waals surface area contributed by atoms with Gasteiger partial charge in [-0.2, -0.15) is 0 Å². The SMILES string of the molecule is CC(=O)c1[nH]c2c(Br)ccc(I)c2c1C. The van der Waals surface area contributed by atoms with Crippen LogP contribution in [-0.2, 0) is 0 Å². The van der Waals surface area contributed by atoms with Gasteiger partial charge in [-0.15, -0.1) is 0 Å². The van der Waals surface area contributed by atoms with Crippen molar-refractivity contribution >= 4 is 55.2 Å². The summed E-state index contributed by atoms with van der Waals surface area (Å²) < 4.78 is 2.15. The molecule has 0 bridgehead atoms. The van der Waals surface area contributed by atoms with Crippen LogP contribution in [0.2, 0.25) is 0 Å². The lowest BCUT2D eigenvalue weighted by atomic mass is 10.1. The lowest BCUT2D eigenvalue weighted by Gasteiger charge is -1.97. The van der Waals surface area contributed by atoms with Crippen LogP contribution in [0.5, 0.6) is 0 Å². The van der Waals surface area contributed by atoms with Gasteiger partial charge in [-0.25, -0.2) is 0 Å². The number of hydrogen-bond acceptors (Lipinski definition) is 1. The van der Waals surface area contributed by atoms with Gasteiger partial charge < -0.3 is 4.98 Å². The zero-order valence-corrected chi connectivity index (χ0v) is 12.1. The summed E-state index contributed by atoms with van der Waals surface area (Å²) >= 11 is 5.77. The van der Waals surface area contributed by atoms with Crippen LogP contribution in [0.4, 0.5) is 0 Å². The number of aromatic nitrogens is 1. The Morgan fingerprint density at radius 1 is 1.47 bits per heavy atom. The highest BCUT2D eigenvalue weighted by Crippen LogP contribution is 2.31. The monoisotopic (exact) mass is 377 g/mol. The number of halogens is 2. The molecule has 2 rings (SSSR count). The van der Waals surface area contributed by atoms with E-state index < -0.39 is 0 Å². The highest BCUT2D eigenvalue weighted by molar-refractivity contribution is 14.1. The summed E-state index contributed by atoms with van der Waals surface area (Å²) in [6, 6.07) is 4.03. The van der Waals surface area contributed by atoms with E-state index in [0.717, 1.165) is 24.5 Å². The number of carbonyl (C=O) groups excluding carboxylic acids is 1. The summed E-state index contributed by atoms with van der Waals surface area (Å²) in [7, 11) is 0. The molecule has 0 spiro atoms. The van der Waals surface area contributed by atoms with Crippen molar-refractivity contribution in [2.24, 2.45) is 0 Å². The van der Waals surface area contributed by atoms with Gasteiger partial charge in [0.25, 0.3) is 0 Å². The molecule has 0 saturated heterocycles. The van der Waals surface area contributed by atoms with E-state index in [-0.39, 0.29) is 5.78 Å². The van der Waals surface area contributed by atoms with Crippen LogP contribution < -0.4 is 0 Å². The van der Waals surface area contributed by atoms with E-state index in [1.807, 2.05) is 19.1 Å². The van der Waals surface area contributed by atoms with Crippen LogP contribution in [0, 0.1) is 10.5 Å². The van der Waals surface area contributed by atoms with Crippen molar-refractivity contribution in [1.82, 2.24) is 4.98 Å². The first-order chi connectivity index (χ1) is 7.02. The van der Waals surface area contributed by atoms with Crippen molar-refractivity contribution in [1.29, 1.82) is 0 Å². The quantitative estimate of drug-likeness (QED) is 0.590. The van der Waals surface area contributed by atoms with Gasteiger partial charge in [-0.3, -0.25) is 4.79 Å². The normalized spacial score (nSPS) is 10.9. The average molecular weight is 378 g/mol. The van der Waals surface area contributed by atoms with Crippen LogP contribution in [0.3, 0.4) is 0 Å². The van der Waals surface area contributed by atoms with E-state index in [9.17, 15) is 4.79 Å². The minimum absolute atomic E-state index is 0.0754. The van der Waals surface area contributed by atoms with Gasteiger partial charge in [0, 0.05) is 20.4 Å². The van der Waals surface area contributed by atoms with Crippen LogP contribution in [-0.4, -0.2) is 10.8 Å². The number of hydrogen-bond donors (Lipinski definition) is 1. The number of rotatable bonds is 1. The number of ketones is 1. The van der Waals surface area contributed by atoms with Crippen LogP contribution >= 0.6 is 38.5 Å². The molecule has 0 atom stereocenters. The standard InChI is InChI=1S/C11H9BrINO/c1-5-9-8(13)4-3-7(12)11(9)14-10(5)6(2)15/h3-4,14H,1-2H3. The number of benzene rings is 1. The molecule has 1 N–H and O–H groups in total. The maximum atomic E-state index is 11.4. The van der Waals surface area contributed by atoms with Gasteiger partial charge in [0.05, 0.1) is 11.2 Å². The molecule has 0 aliphatic heterocycles. The lowest BCUT2D eigenvalue weighted by molar-refractivity contribution is 0.101. The van der Waals surface area contributed by atoms with Gasteiger partial charge in [0.2, 0.25) is 0 Å². The van der Waals surface area contributed by atoms with E-state index >= 15 is 0 Å². The van der Waals surface area contributed by atoms with Crippen molar-refractivity contribution in [3.63, 3.8) is 0 Å². The fraction of sp³-hybridized carbons (Fsp3) is 0.182. The van der Waals surface area contributed by atoms with E-state index in [1.54, 1.807) is 6.92 Å². The zero-order chi connectivity index (χ0) is 11.2. The number of H-pyrrole nitrogens is 1. The molecule has 1 heterocycles. The third kappa shape index (κ3) is 1.73. The second kappa shape index (κ2) is 3.90. The van der Waals surface area contributed by atoms with Crippen molar-refractivity contribution in [3.8, 4) is 0 Å². The Hall–Kier alpha value is -0.360. The molecule has 0 radical (unpaired) electrons. The first-order valence-electron chi connectivity index (χ1n) is 4.49. The third-order valence-electron chi connectivity index (χ3n) is 2.46. The van der Waals surface area contributed by atoms with Crippen LogP contribution in [0.25, 0.3) is 10.9 Å². The fourth-order valence-corrected chi connectivity index (χ4v) is 3.02. The third-order valence-corrected chi connectivity index (χ3v) is 4.02. The van der Waals surface area contributed by atoms with Crippen molar-refractivity contribution in [3.05, 3.63) is 31.4 Å². The Balaban J connectivity index is 2.93. The molecule has 15 heavy (non-hydrogen) atoms. The molecule has 0 aliphatic carbocycles. The van der Waals surface area contributed by atoms with Crippen LogP contribution in [0.1, 0.15) is 23.0 Å². The summed E-state index contributed by atoms with van der Waals surface area (Å²) in [5.74, 6) is 0.0754. The maximum Gasteiger partial charge on any atom is 0.176 e. The van der Waals surface area contributed by atoms with E-state index in [4.69, 9.17) is 0 Å². The van der Waals surface area contributed by atoms with E-state index in [2.05, 4.69) is 43.5 Å². The van der Waals surface area contributed by atoms with Gasteiger partial charge in [0.1, 0.15) is 0 Å². The second-order valence-corrected chi connectivity index (χ2v) is 5.48. The molecule has 2 nitrogen and oxygen atoms in total. The summed E-state index contributed by atoms with van der Waals surface area (Å²) in [5, 5.41) is 1.13. The van der Waals surface area contributed by atoms with Crippen LogP contribution in [0.15, 0.2) is 16.6 Å². The Bertz CT molecular complexity index is 559. The molecule has 0 amide bonds. The summed E-state index contributed by atoms with van der Waals surface area (Å²) in [6.45, 7) is 3.56. The smallest absolute Gasteiger partial charge is 0.176 e. The van der Waals surface area contributed by atoms with Crippen molar-refractivity contribution in [2.45, 2.75) is 13.8 Å². The molecule has 0 saturated carbocycles. The lowest BCUT2D eigenvalue weighted by Crippen LogP contribution is -1.93. The molecule has 4 heteroatoms. The van der Waals surface area contributed by atoms with Gasteiger partial charge in [-0.1, -0.05) is 0 Å². The fourth-order valence-electron chi connectivity index (χ4n) is 1.74. The first kappa shape index (κ1) is 11.1. The largest absolute Gasteiger partial charge is 0.351 e. The second-order valence-electron chi connectivity index (χ2n) is 3.46.